The fourth-order valence-electron chi connectivity index (χ4n) is 2.22. The van der Waals surface area contributed by atoms with E-state index in [-0.39, 0.29) is 12.3 Å². The van der Waals surface area contributed by atoms with Crippen molar-refractivity contribution in [2.45, 2.75) is 13.8 Å². The van der Waals surface area contributed by atoms with Gasteiger partial charge in [0.2, 0.25) is 0 Å². The van der Waals surface area contributed by atoms with Crippen LogP contribution in [0.4, 0.5) is 10.5 Å². The Morgan fingerprint density at radius 1 is 1.12 bits per heavy atom. The minimum atomic E-state index is -0.528. The molecule has 6 nitrogen and oxygen atoms in total. The van der Waals surface area contributed by atoms with Gasteiger partial charge in [-0.1, -0.05) is 23.7 Å². The van der Waals surface area contributed by atoms with Gasteiger partial charge in [-0.3, -0.25) is 0 Å². The van der Waals surface area contributed by atoms with Crippen molar-refractivity contribution < 1.29 is 19.1 Å². The van der Waals surface area contributed by atoms with Crippen molar-refractivity contribution in [2.24, 2.45) is 0 Å². The lowest BCUT2D eigenvalue weighted by molar-refractivity contribution is 0.0602. The first-order chi connectivity index (χ1) is 11.9. The van der Waals surface area contributed by atoms with E-state index in [1.807, 2.05) is 13.8 Å². The van der Waals surface area contributed by atoms with Crippen LogP contribution in [0.1, 0.15) is 21.5 Å². The number of carbonyl (C=O) groups excluding carboxylic acids is 2. The number of aryl methyl sites for hydroxylation is 2. The van der Waals surface area contributed by atoms with E-state index in [9.17, 15) is 9.59 Å². The van der Waals surface area contributed by atoms with Crippen LogP contribution in [0, 0.1) is 13.8 Å². The van der Waals surface area contributed by atoms with Crippen LogP contribution in [-0.4, -0.2) is 25.8 Å². The smallest absolute Gasteiger partial charge is 0.339 e. The number of benzene rings is 2. The average molecular weight is 363 g/mol. The number of hydrogen-bond donors (Lipinski definition) is 2. The number of anilines is 1. The number of esters is 1. The van der Waals surface area contributed by atoms with Crippen LogP contribution in [0.3, 0.4) is 0 Å². The van der Waals surface area contributed by atoms with Crippen LogP contribution in [-0.2, 0) is 4.74 Å². The highest BCUT2D eigenvalue weighted by molar-refractivity contribution is 6.32. The zero-order valence-electron chi connectivity index (χ0n) is 14.2. The van der Waals surface area contributed by atoms with Crippen LogP contribution in [0.25, 0.3) is 0 Å². The number of carbonyl (C=O) groups is 2. The summed E-state index contributed by atoms with van der Waals surface area (Å²) in [5.41, 5.74) is 2.41. The van der Waals surface area contributed by atoms with Crippen LogP contribution < -0.4 is 15.4 Å². The van der Waals surface area contributed by atoms with E-state index < -0.39 is 12.0 Å². The molecule has 2 rings (SSSR count). The summed E-state index contributed by atoms with van der Waals surface area (Å²) < 4.78 is 10.2. The summed E-state index contributed by atoms with van der Waals surface area (Å²) in [5.74, 6) is 0.0777. The SMILES string of the molecule is COC(=O)c1ccccc1NC(=O)NCOc1cc(C)c(Cl)c(C)c1. The Kier molecular flexibility index (Phi) is 6.25. The average Bonchev–Trinajstić information content (AvgIpc) is 2.59. The number of ether oxygens (including phenoxy) is 2. The molecule has 2 N–H and O–H groups in total. The Hall–Kier alpha value is -2.73. The van der Waals surface area contributed by atoms with E-state index in [0.717, 1.165) is 11.1 Å². The van der Waals surface area contributed by atoms with Crippen LogP contribution in [0.5, 0.6) is 5.75 Å². The molecular formula is C18H19ClN2O4. The van der Waals surface area contributed by atoms with E-state index in [0.29, 0.717) is 16.5 Å². The monoisotopic (exact) mass is 362 g/mol. The second-order valence-electron chi connectivity index (χ2n) is 5.33. The third-order valence-corrected chi connectivity index (χ3v) is 4.06. The second kappa shape index (κ2) is 8.39. The van der Waals surface area contributed by atoms with Gasteiger partial charge < -0.3 is 20.1 Å². The quantitative estimate of drug-likeness (QED) is 0.624. The normalized spacial score (nSPS) is 10.1. The van der Waals surface area contributed by atoms with Gasteiger partial charge in [-0.15, -0.1) is 0 Å². The zero-order chi connectivity index (χ0) is 18.4. The molecule has 2 aromatic rings. The molecule has 0 heterocycles. The molecule has 0 atom stereocenters. The van der Waals surface area contributed by atoms with Crippen LogP contribution >= 0.6 is 11.6 Å². The maximum absolute atomic E-state index is 12.0. The van der Waals surface area contributed by atoms with Crippen molar-refractivity contribution in [2.75, 3.05) is 19.2 Å². The summed E-state index contributed by atoms with van der Waals surface area (Å²) >= 11 is 6.10. The molecule has 0 unspecified atom stereocenters. The van der Waals surface area contributed by atoms with Gasteiger partial charge in [0.05, 0.1) is 18.4 Å². The maximum atomic E-state index is 12.0. The van der Waals surface area contributed by atoms with Crippen molar-refractivity contribution in [3.05, 3.63) is 58.1 Å². The number of rotatable bonds is 5. The molecule has 0 fully saturated rings. The van der Waals surface area contributed by atoms with Gasteiger partial charge >= 0.3 is 12.0 Å². The molecule has 0 aromatic heterocycles. The Balaban J connectivity index is 1.93. The predicted octanol–water partition coefficient (Wildman–Crippen LogP) is 3.90. The first kappa shape index (κ1) is 18.6. The number of nitrogens with one attached hydrogen (secondary N) is 2. The third-order valence-electron chi connectivity index (χ3n) is 3.46. The van der Waals surface area contributed by atoms with Crippen molar-refractivity contribution in [3.8, 4) is 5.75 Å². The highest BCUT2D eigenvalue weighted by Gasteiger charge is 2.13. The standard InChI is InChI=1S/C18H19ClN2O4/c1-11-8-13(9-12(2)16(11)19)25-10-20-18(23)21-15-7-5-4-6-14(15)17(22)24-3/h4-9H,10H2,1-3H3,(H2,20,21,23). The minimum Gasteiger partial charge on any atom is -0.473 e. The molecule has 2 amide bonds. The van der Waals surface area contributed by atoms with E-state index in [2.05, 4.69) is 15.4 Å². The van der Waals surface area contributed by atoms with Gasteiger partial charge in [0.25, 0.3) is 0 Å². The maximum Gasteiger partial charge on any atom is 0.339 e. The Morgan fingerprint density at radius 3 is 2.40 bits per heavy atom. The molecule has 0 radical (unpaired) electrons. The molecule has 0 saturated carbocycles. The molecule has 0 spiro atoms. The van der Waals surface area contributed by atoms with Gasteiger partial charge in [0.15, 0.2) is 6.73 Å². The molecule has 25 heavy (non-hydrogen) atoms. The number of amides is 2. The molecule has 0 aliphatic heterocycles. The first-order valence-corrected chi connectivity index (χ1v) is 7.92. The largest absolute Gasteiger partial charge is 0.473 e. The molecule has 7 heteroatoms. The summed E-state index contributed by atoms with van der Waals surface area (Å²) in [7, 11) is 1.28. The molecule has 132 valence electrons. The number of methoxy groups -OCH3 is 1. The lowest BCUT2D eigenvalue weighted by Crippen LogP contribution is -2.32. The molecule has 0 bridgehead atoms. The van der Waals surface area contributed by atoms with Gasteiger partial charge in [-0.2, -0.15) is 0 Å². The van der Waals surface area contributed by atoms with Crippen LogP contribution in [0.15, 0.2) is 36.4 Å². The fourth-order valence-corrected chi connectivity index (χ4v) is 2.33. The molecule has 0 aliphatic rings. The summed E-state index contributed by atoms with van der Waals surface area (Å²) in [5, 5.41) is 5.84. The first-order valence-electron chi connectivity index (χ1n) is 7.54. The van der Waals surface area contributed by atoms with Gasteiger partial charge in [0.1, 0.15) is 5.75 Å². The molecule has 2 aromatic carbocycles. The lowest BCUT2D eigenvalue weighted by atomic mass is 10.1. The number of hydrogen-bond acceptors (Lipinski definition) is 4. The number of para-hydroxylation sites is 1. The molecular weight excluding hydrogens is 344 g/mol. The van der Waals surface area contributed by atoms with Gasteiger partial charge in [-0.25, -0.2) is 9.59 Å². The summed E-state index contributed by atoms with van der Waals surface area (Å²) in [6, 6.07) is 9.65. The summed E-state index contributed by atoms with van der Waals surface area (Å²) in [6.07, 6.45) is 0. The topological polar surface area (TPSA) is 76.7 Å². The molecule has 0 aliphatic carbocycles. The Morgan fingerprint density at radius 2 is 1.76 bits per heavy atom. The predicted molar refractivity (Wildman–Crippen MR) is 96.4 cm³/mol. The van der Waals surface area contributed by atoms with Crippen molar-refractivity contribution >= 4 is 29.3 Å². The Bertz CT molecular complexity index is 769. The van der Waals surface area contributed by atoms with Crippen molar-refractivity contribution in [1.29, 1.82) is 0 Å². The second-order valence-corrected chi connectivity index (χ2v) is 5.71. The summed E-state index contributed by atoms with van der Waals surface area (Å²) in [6.45, 7) is 3.73. The van der Waals surface area contributed by atoms with E-state index >= 15 is 0 Å². The van der Waals surface area contributed by atoms with E-state index in [4.69, 9.17) is 16.3 Å². The van der Waals surface area contributed by atoms with Crippen molar-refractivity contribution in [1.82, 2.24) is 5.32 Å². The van der Waals surface area contributed by atoms with Crippen LogP contribution in [0.2, 0.25) is 5.02 Å². The van der Waals surface area contributed by atoms with E-state index in [1.54, 1.807) is 36.4 Å². The zero-order valence-corrected chi connectivity index (χ0v) is 14.9. The highest BCUT2D eigenvalue weighted by Crippen LogP contribution is 2.25. The molecule has 0 saturated heterocycles. The van der Waals surface area contributed by atoms with E-state index in [1.165, 1.54) is 7.11 Å². The Labute approximate surface area is 151 Å². The lowest BCUT2D eigenvalue weighted by Gasteiger charge is -2.12. The number of halogens is 1. The number of urea groups is 1. The van der Waals surface area contributed by atoms with Gasteiger partial charge in [0, 0.05) is 5.02 Å². The third kappa shape index (κ3) is 4.87. The minimum absolute atomic E-state index is 0.0350. The highest BCUT2D eigenvalue weighted by atomic mass is 35.5. The van der Waals surface area contributed by atoms with Crippen molar-refractivity contribution in [3.63, 3.8) is 0 Å². The fraction of sp³-hybridized carbons (Fsp3) is 0.222. The van der Waals surface area contributed by atoms with Gasteiger partial charge in [-0.05, 0) is 49.2 Å². The summed E-state index contributed by atoms with van der Waals surface area (Å²) in [4.78, 5) is 23.7.